The zero-order chi connectivity index (χ0) is 16.8. The van der Waals surface area contributed by atoms with Crippen molar-refractivity contribution < 1.29 is 19.0 Å². The van der Waals surface area contributed by atoms with Gasteiger partial charge in [-0.15, -0.1) is 0 Å². The maximum absolute atomic E-state index is 12.6. The Morgan fingerprint density at radius 3 is 2.39 bits per heavy atom. The van der Waals surface area contributed by atoms with E-state index < -0.39 is 0 Å². The number of benzene rings is 2. The molecule has 0 fully saturated rings. The predicted octanol–water partition coefficient (Wildman–Crippen LogP) is 3.74. The number of hydrogen-bond acceptors (Lipinski definition) is 4. The molecule has 2 aromatic rings. The van der Waals surface area contributed by atoms with Crippen molar-refractivity contribution in [3.63, 3.8) is 0 Å². The second kappa shape index (κ2) is 7.54. The molecule has 23 heavy (non-hydrogen) atoms. The van der Waals surface area contributed by atoms with Crippen LogP contribution in [0.5, 0.6) is 17.2 Å². The first-order chi connectivity index (χ1) is 11.0. The Bertz CT molecular complexity index is 682. The minimum absolute atomic E-state index is 0.0144. The third kappa shape index (κ3) is 4.16. The van der Waals surface area contributed by atoms with Gasteiger partial charge < -0.3 is 19.5 Å². The van der Waals surface area contributed by atoms with Crippen LogP contribution in [0.4, 0.5) is 5.69 Å². The van der Waals surface area contributed by atoms with E-state index in [4.69, 9.17) is 14.2 Å². The van der Waals surface area contributed by atoms with E-state index in [1.165, 1.54) is 0 Å². The minimum Gasteiger partial charge on any atom is -0.497 e. The highest BCUT2D eigenvalue weighted by molar-refractivity contribution is 6.06. The van der Waals surface area contributed by atoms with Gasteiger partial charge in [0.05, 0.1) is 31.6 Å². The standard InChI is InChI=1S/C18H21NO4/c1-12(2)23-16-8-6-5-7-14(16)18(20)19-15-10-9-13(21-3)11-17(15)22-4/h5-12H,1-4H3,(H,19,20). The monoisotopic (exact) mass is 315 g/mol. The van der Waals surface area contributed by atoms with Crippen molar-refractivity contribution in [3.8, 4) is 17.2 Å². The van der Waals surface area contributed by atoms with Gasteiger partial charge in [0.15, 0.2) is 0 Å². The van der Waals surface area contributed by atoms with E-state index >= 15 is 0 Å². The highest BCUT2D eigenvalue weighted by Crippen LogP contribution is 2.30. The van der Waals surface area contributed by atoms with Crippen LogP contribution in [-0.4, -0.2) is 26.2 Å². The van der Waals surface area contributed by atoms with E-state index in [2.05, 4.69) is 5.32 Å². The summed E-state index contributed by atoms with van der Waals surface area (Å²) in [6, 6.07) is 12.3. The number of methoxy groups -OCH3 is 2. The second-order valence-electron chi connectivity index (χ2n) is 5.18. The molecule has 0 spiro atoms. The lowest BCUT2D eigenvalue weighted by Crippen LogP contribution is -2.16. The van der Waals surface area contributed by atoms with Gasteiger partial charge in [0.1, 0.15) is 17.2 Å². The Morgan fingerprint density at radius 2 is 1.74 bits per heavy atom. The first kappa shape index (κ1) is 16.7. The van der Waals surface area contributed by atoms with Gasteiger partial charge in [0, 0.05) is 6.07 Å². The number of nitrogens with one attached hydrogen (secondary N) is 1. The first-order valence-corrected chi connectivity index (χ1v) is 7.34. The number of ether oxygens (including phenoxy) is 3. The molecule has 1 N–H and O–H groups in total. The molecule has 0 radical (unpaired) electrons. The summed E-state index contributed by atoms with van der Waals surface area (Å²) in [5.41, 5.74) is 1.04. The molecule has 0 unspecified atom stereocenters. The maximum Gasteiger partial charge on any atom is 0.259 e. The van der Waals surface area contributed by atoms with Crippen molar-refractivity contribution in [1.82, 2.24) is 0 Å². The molecule has 0 heterocycles. The van der Waals surface area contributed by atoms with Crippen molar-refractivity contribution >= 4 is 11.6 Å². The zero-order valence-electron chi connectivity index (χ0n) is 13.8. The fourth-order valence-electron chi connectivity index (χ4n) is 2.10. The number of anilines is 1. The Balaban J connectivity index is 2.26. The van der Waals surface area contributed by atoms with Crippen molar-refractivity contribution in [1.29, 1.82) is 0 Å². The number of carbonyl (C=O) groups excluding carboxylic acids is 1. The summed E-state index contributed by atoms with van der Waals surface area (Å²) in [7, 11) is 3.12. The Kier molecular flexibility index (Phi) is 5.46. The van der Waals surface area contributed by atoms with Gasteiger partial charge in [0.2, 0.25) is 0 Å². The lowest BCUT2D eigenvalue weighted by molar-refractivity contribution is 0.102. The molecule has 0 bridgehead atoms. The SMILES string of the molecule is COc1ccc(NC(=O)c2ccccc2OC(C)C)c(OC)c1. The molecule has 0 saturated carbocycles. The summed E-state index contributed by atoms with van der Waals surface area (Å²) in [5, 5.41) is 2.84. The number of para-hydroxylation sites is 1. The fourth-order valence-corrected chi connectivity index (χ4v) is 2.10. The van der Waals surface area contributed by atoms with E-state index in [1.807, 2.05) is 19.9 Å². The molecule has 0 aliphatic heterocycles. The number of carbonyl (C=O) groups is 1. The van der Waals surface area contributed by atoms with Crippen molar-refractivity contribution in [2.75, 3.05) is 19.5 Å². The van der Waals surface area contributed by atoms with Gasteiger partial charge in [-0.1, -0.05) is 12.1 Å². The molecule has 5 nitrogen and oxygen atoms in total. The van der Waals surface area contributed by atoms with Crippen LogP contribution < -0.4 is 19.5 Å². The molecule has 1 amide bonds. The minimum atomic E-state index is -0.260. The van der Waals surface area contributed by atoms with Crippen LogP contribution in [0.2, 0.25) is 0 Å². The summed E-state index contributed by atoms with van der Waals surface area (Å²) < 4.78 is 16.1. The van der Waals surface area contributed by atoms with Crippen LogP contribution in [0, 0.1) is 0 Å². The molecule has 122 valence electrons. The second-order valence-corrected chi connectivity index (χ2v) is 5.18. The van der Waals surface area contributed by atoms with Gasteiger partial charge in [0.25, 0.3) is 5.91 Å². The molecule has 0 aliphatic carbocycles. The molecular weight excluding hydrogens is 294 g/mol. The van der Waals surface area contributed by atoms with E-state index in [0.717, 1.165) is 0 Å². The molecule has 0 saturated heterocycles. The molecule has 0 aliphatic rings. The summed E-state index contributed by atoms with van der Waals surface area (Å²) in [6.07, 6.45) is -0.0144. The predicted molar refractivity (Wildman–Crippen MR) is 89.7 cm³/mol. The number of rotatable bonds is 6. The van der Waals surface area contributed by atoms with Crippen LogP contribution in [0.3, 0.4) is 0 Å². The summed E-state index contributed by atoms with van der Waals surface area (Å²) in [6.45, 7) is 3.84. The van der Waals surface area contributed by atoms with Gasteiger partial charge in [-0.05, 0) is 38.1 Å². The van der Waals surface area contributed by atoms with Crippen LogP contribution in [0.1, 0.15) is 24.2 Å². The summed E-state index contributed by atoms with van der Waals surface area (Å²) in [4.78, 5) is 12.6. The molecule has 0 atom stereocenters. The van der Waals surface area contributed by atoms with Gasteiger partial charge >= 0.3 is 0 Å². The highest BCUT2D eigenvalue weighted by Gasteiger charge is 2.15. The topological polar surface area (TPSA) is 56.8 Å². The van der Waals surface area contributed by atoms with Crippen molar-refractivity contribution in [2.24, 2.45) is 0 Å². The molecule has 5 heteroatoms. The van der Waals surface area contributed by atoms with Crippen molar-refractivity contribution in [3.05, 3.63) is 48.0 Å². The highest BCUT2D eigenvalue weighted by atomic mass is 16.5. The van der Waals surface area contributed by atoms with E-state index in [0.29, 0.717) is 28.5 Å². The normalized spacial score (nSPS) is 10.3. The largest absolute Gasteiger partial charge is 0.497 e. The quantitative estimate of drug-likeness (QED) is 0.882. The Hall–Kier alpha value is -2.69. The van der Waals surface area contributed by atoms with Crippen molar-refractivity contribution in [2.45, 2.75) is 20.0 Å². The lowest BCUT2D eigenvalue weighted by Gasteiger charge is -2.15. The first-order valence-electron chi connectivity index (χ1n) is 7.34. The number of hydrogen-bond donors (Lipinski definition) is 1. The fraction of sp³-hybridized carbons (Fsp3) is 0.278. The van der Waals surface area contributed by atoms with E-state index in [1.54, 1.807) is 50.6 Å². The molecule has 2 rings (SSSR count). The van der Waals surface area contributed by atoms with Gasteiger partial charge in [-0.3, -0.25) is 4.79 Å². The van der Waals surface area contributed by atoms with Gasteiger partial charge in [-0.2, -0.15) is 0 Å². The zero-order valence-corrected chi connectivity index (χ0v) is 13.8. The average molecular weight is 315 g/mol. The van der Waals surface area contributed by atoms with Crippen LogP contribution in [0.25, 0.3) is 0 Å². The van der Waals surface area contributed by atoms with Crippen LogP contribution >= 0.6 is 0 Å². The van der Waals surface area contributed by atoms with Crippen LogP contribution in [0.15, 0.2) is 42.5 Å². The van der Waals surface area contributed by atoms with Crippen LogP contribution in [-0.2, 0) is 0 Å². The third-order valence-corrected chi connectivity index (χ3v) is 3.15. The molecule has 0 aromatic heterocycles. The lowest BCUT2D eigenvalue weighted by atomic mass is 10.1. The average Bonchev–Trinajstić information content (AvgIpc) is 2.55. The Morgan fingerprint density at radius 1 is 1.00 bits per heavy atom. The van der Waals surface area contributed by atoms with E-state index in [9.17, 15) is 4.79 Å². The summed E-state index contributed by atoms with van der Waals surface area (Å²) >= 11 is 0. The smallest absolute Gasteiger partial charge is 0.259 e. The third-order valence-electron chi connectivity index (χ3n) is 3.15. The summed E-state index contributed by atoms with van der Waals surface area (Å²) in [5.74, 6) is 1.47. The van der Waals surface area contributed by atoms with Gasteiger partial charge in [-0.25, -0.2) is 0 Å². The maximum atomic E-state index is 12.6. The van der Waals surface area contributed by atoms with E-state index in [-0.39, 0.29) is 12.0 Å². The number of amides is 1. The molecule has 2 aromatic carbocycles. The molecular formula is C18H21NO4. The Labute approximate surface area is 136 Å².